The summed E-state index contributed by atoms with van der Waals surface area (Å²) in [5.74, 6) is -0.577. The Morgan fingerprint density at radius 2 is 1.41 bits per heavy atom. The van der Waals surface area contributed by atoms with E-state index in [1.54, 1.807) is 60.7 Å². The number of amides is 2. The van der Waals surface area contributed by atoms with E-state index in [0.29, 0.717) is 32.5 Å². The van der Waals surface area contributed by atoms with E-state index in [0.717, 1.165) is 5.56 Å². The molecule has 6 heteroatoms. The number of carbonyl (C=O) groups is 2. The molecular formula is C21H16Cl2N2O2. The Morgan fingerprint density at radius 1 is 0.741 bits per heavy atom. The molecule has 0 bridgehead atoms. The molecule has 2 amide bonds. The first-order valence-electron chi connectivity index (χ1n) is 8.17. The standard InChI is InChI=1S/C21H16Cl2N2O2/c1-13-7-8-15(21(27)24-18-10-9-16(22)12-17(18)23)11-19(13)25-20(26)14-5-3-2-4-6-14/h2-12H,1H3,(H,24,27)(H,25,26). The highest BCUT2D eigenvalue weighted by Gasteiger charge is 2.13. The van der Waals surface area contributed by atoms with Crippen molar-refractivity contribution in [2.45, 2.75) is 6.92 Å². The predicted octanol–water partition coefficient (Wildman–Crippen LogP) is 5.81. The Hall–Kier alpha value is -2.82. The lowest BCUT2D eigenvalue weighted by Crippen LogP contribution is -2.15. The third kappa shape index (κ3) is 4.67. The molecule has 0 aliphatic carbocycles. The molecule has 4 nitrogen and oxygen atoms in total. The number of hydrogen-bond acceptors (Lipinski definition) is 2. The fourth-order valence-corrected chi connectivity index (χ4v) is 2.92. The van der Waals surface area contributed by atoms with Crippen LogP contribution in [0.25, 0.3) is 0 Å². The van der Waals surface area contributed by atoms with Gasteiger partial charge in [0.1, 0.15) is 0 Å². The Kier molecular flexibility index (Phi) is 5.79. The molecule has 3 aromatic rings. The Bertz CT molecular complexity index is 1000. The summed E-state index contributed by atoms with van der Waals surface area (Å²) in [6.45, 7) is 1.86. The molecular weight excluding hydrogens is 383 g/mol. The number of anilines is 2. The minimum Gasteiger partial charge on any atom is -0.322 e. The summed E-state index contributed by atoms with van der Waals surface area (Å²) in [4.78, 5) is 24.9. The molecule has 3 rings (SSSR count). The fourth-order valence-electron chi connectivity index (χ4n) is 2.47. The van der Waals surface area contributed by atoms with E-state index in [4.69, 9.17) is 23.2 Å². The summed E-state index contributed by atoms with van der Waals surface area (Å²) in [7, 11) is 0. The molecule has 0 radical (unpaired) electrons. The number of benzene rings is 3. The molecule has 0 saturated heterocycles. The van der Waals surface area contributed by atoms with Crippen molar-refractivity contribution in [1.29, 1.82) is 0 Å². The predicted molar refractivity (Wildman–Crippen MR) is 110 cm³/mol. The SMILES string of the molecule is Cc1ccc(C(=O)Nc2ccc(Cl)cc2Cl)cc1NC(=O)c1ccccc1. The van der Waals surface area contributed by atoms with Gasteiger partial charge in [0.2, 0.25) is 0 Å². The van der Waals surface area contributed by atoms with E-state index in [1.807, 2.05) is 13.0 Å². The minimum atomic E-state index is -0.338. The van der Waals surface area contributed by atoms with Crippen molar-refractivity contribution in [3.8, 4) is 0 Å². The van der Waals surface area contributed by atoms with Gasteiger partial charge in [0.05, 0.1) is 10.7 Å². The molecule has 2 N–H and O–H groups in total. The van der Waals surface area contributed by atoms with E-state index in [-0.39, 0.29) is 11.8 Å². The highest BCUT2D eigenvalue weighted by Crippen LogP contribution is 2.26. The maximum absolute atomic E-state index is 12.6. The van der Waals surface area contributed by atoms with Gasteiger partial charge in [-0.3, -0.25) is 9.59 Å². The molecule has 0 saturated carbocycles. The summed E-state index contributed by atoms with van der Waals surface area (Å²) >= 11 is 12.0. The Balaban J connectivity index is 1.80. The number of hydrogen-bond donors (Lipinski definition) is 2. The fraction of sp³-hybridized carbons (Fsp3) is 0.0476. The van der Waals surface area contributed by atoms with Crippen molar-refractivity contribution in [1.82, 2.24) is 0 Å². The second kappa shape index (κ2) is 8.25. The number of rotatable bonds is 4. The number of nitrogens with one attached hydrogen (secondary N) is 2. The lowest BCUT2D eigenvalue weighted by atomic mass is 10.1. The summed E-state index contributed by atoms with van der Waals surface area (Å²) in [6, 6.07) is 18.8. The third-order valence-electron chi connectivity index (χ3n) is 3.96. The molecule has 0 aliphatic heterocycles. The minimum absolute atomic E-state index is 0.239. The zero-order valence-corrected chi connectivity index (χ0v) is 15.9. The van der Waals surface area contributed by atoms with Gasteiger partial charge in [0.25, 0.3) is 11.8 Å². The van der Waals surface area contributed by atoms with Crippen molar-refractivity contribution < 1.29 is 9.59 Å². The maximum Gasteiger partial charge on any atom is 0.255 e. The number of carbonyl (C=O) groups excluding carboxylic acids is 2. The van der Waals surface area contributed by atoms with Gasteiger partial charge in [-0.05, 0) is 55.0 Å². The van der Waals surface area contributed by atoms with Gasteiger partial charge in [-0.2, -0.15) is 0 Å². The molecule has 3 aromatic carbocycles. The summed E-state index contributed by atoms with van der Waals surface area (Å²) in [5, 5.41) is 6.42. The van der Waals surface area contributed by atoms with Gasteiger partial charge in [0.15, 0.2) is 0 Å². The van der Waals surface area contributed by atoms with Crippen LogP contribution in [0.5, 0.6) is 0 Å². The molecule has 136 valence electrons. The van der Waals surface area contributed by atoms with E-state index in [2.05, 4.69) is 10.6 Å². The van der Waals surface area contributed by atoms with E-state index in [1.165, 1.54) is 0 Å². The average Bonchev–Trinajstić information content (AvgIpc) is 2.66. The normalized spacial score (nSPS) is 10.3. The van der Waals surface area contributed by atoms with Gasteiger partial charge in [0, 0.05) is 21.8 Å². The number of halogens is 2. The monoisotopic (exact) mass is 398 g/mol. The molecule has 0 aromatic heterocycles. The van der Waals surface area contributed by atoms with Crippen molar-refractivity contribution in [2.75, 3.05) is 10.6 Å². The maximum atomic E-state index is 12.6. The first kappa shape index (κ1) is 19.0. The van der Waals surface area contributed by atoms with E-state index < -0.39 is 0 Å². The Labute approximate surface area is 167 Å². The van der Waals surface area contributed by atoms with Crippen LogP contribution in [0.1, 0.15) is 26.3 Å². The van der Waals surface area contributed by atoms with Crippen molar-refractivity contribution in [3.63, 3.8) is 0 Å². The van der Waals surface area contributed by atoms with Crippen molar-refractivity contribution >= 4 is 46.4 Å². The molecule has 27 heavy (non-hydrogen) atoms. The van der Waals surface area contributed by atoms with Gasteiger partial charge >= 0.3 is 0 Å². The van der Waals surface area contributed by atoms with Gasteiger partial charge in [-0.25, -0.2) is 0 Å². The highest BCUT2D eigenvalue weighted by molar-refractivity contribution is 6.36. The second-order valence-electron chi connectivity index (χ2n) is 5.93. The molecule has 0 heterocycles. The van der Waals surface area contributed by atoms with E-state index >= 15 is 0 Å². The zero-order valence-electron chi connectivity index (χ0n) is 14.4. The Morgan fingerprint density at radius 3 is 2.11 bits per heavy atom. The van der Waals surface area contributed by atoms with Crippen LogP contribution in [0.3, 0.4) is 0 Å². The van der Waals surface area contributed by atoms with Crippen LogP contribution in [-0.4, -0.2) is 11.8 Å². The summed E-state index contributed by atoms with van der Waals surface area (Å²) in [6.07, 6.45) is 0. The van der Waals surface area contributed by atoms with Crippen molar-refractivity contribution in [2.24, 2.45) is 0 Å². The zero-order chi connectivity index (χ0) is 19.4. The molecule has 0 spiro atoms. The molecule has 0 atom stereocenters. The number of aryl methyl sites for hydroxylation is 1. The lowest BCUT2D eigenvalue weighted by molar-refractivity contribution is 0.101. The summed E-state index contributed by atoms with van der Waals surface area (Å²) < 4.78 is 0. The van der Waals surface area contributed by atoms with Crippen LogP contribution in [0.15, 0.2) is 66.7 Å². The van der Waals surface area contributed by atoms with Crippen LogP contribution >= 0.6 is 23.2 Å². The first-order valence-corrected chi connectivity index (χ1v) is 8.93. The van der Waals surface area contributed by atoms with Gasteiger partial charge in [-0.15, -0.1) is 0 Å². The van der Waals surface area contributed by atoms with Crippen LogP contribution in [0, 0.1) is 6.92 Å². The first-order chi connectivity index (χ1) is 12.9. The molecule has 0 fully saturated rings. The second-order valence-corrected chi connectivity index (χ2v) is 6.77. The summed E-state index contributed by atoms with van der Waals surface area (Å²) in [5.41, 5.74) is 2.82. The average molecular weight is 399 g/mol. The van der Waals surface area contributed by atoms with Crippen LogP contribution in [0.2, 0.25) is 10.0 Å². The quantitative estimate of drug-likeness (QED) is 0.582. The largest absolute Gasteiger partial charge is 0.322 e. The van der Waals surface area contributed by atoms with Crippen LogP contribution in [0.4, 0.5) is 11.4 Å². The molecule has 0 unspecified atom stereocenters. The lowest BCUT2D eigenvalue weighted by Gasteiger charge is -2.12. The smallest absolute Gasteiger partial charge is 0.255 e. The van der Waals surface area contributed by atoms with Crippen LogP contribution in [-0.2, 0) is 0 Å². The topological polar surface area (TPSA) is 58.2 Å². The molecule has 0 aliphatic rings. The van der Waals surface area contributed by atoms with E-state index in [9.17, 15) is 9.59 Å². The van der Waals surface area contributed by atoms with Crippen molar-refractivity contribution in [3.05, 3.63) is 93.5 Å². The van der Waals surface area contributed by atoms with Gasteiger partial charge < -0.3 is 10.6 Å². The highest BCUT2D eigenvalue weighted by atomic mass is 35.5. The van der Waals surface area contributed by atoms with Gasteiger partial charge in [-0.1, -0.05) is 47.5 Å². The third-order valence-corrected chi connectivity index (χ3v) is 4.51. The van der Waals surface area contributed by atoms with Crippen LogP contribution < -0.4 is 10.6 Å².